The first-order valence-corrected chi connectivity index (χ1v) is 6.46. The Kier molecular flexibility index (Phi) is 3.69. The Labute approximate surface area is 111 Å². The highest BCUT2D eigenvalue weighted by molar-refractivity contribution is 6.07. The molecule has 19 heavy (non-hydrogen) atoms. The van der Waals surface area contributed by atoms with Gasteiger partial charge in [0, 0.05) is 12.6 Å². The second-order valence-corrected chi connectivity index (χ2v) is 4.47. The number of fused-ring (bicyclic) bond motifs is 1. The SMILES string of the molecule is CC/C=C(\C)C(=O)Nc1[nH]nc2c1c(CC)nn2C. The number of aryl methyl sites for hydroxylation is 2. The number of nitrogens with one attached hydrogen (secondary N) is 2. The van der Waals surface area contributed by atoms with E-state index < -0.39 is 0 Å². The van der Waals surface area contributed by atoms with Gasteiger partial charge in [0.05, 0.1) is 11.1 Å². The van der Waals surface area contributed by atoms with Crippen LogP contribution in [0.1, 0.15) is 32.9 Å². The van der Waals surface area contributed by atoms with Gasteiger partial charge in [-0.25, -0.2) is 4.68 Å². The number of hydrogen-bond acceptors (Lipinski definition) is 3. The van der Waals surface area contributed by atoms with E-state index in [1.54, 1.807) is 11.6 Å². The summed E-state index contributed by atoms with van der Waals surface area (Å²) >= 11 is 0. The van der Waals surface area contributed by atoms with E-state index in [1.807, 2.05) is 27.0 Å². The molecule has 0 saturated heterocycles. The van der Waals surface area contributed by atoms with Crippen molar-refractivity contribution in [3.8, 4) is 0 Å². The summed E-state index contributed by atoms with van der Waals surface area (Å²) in [6.07, 6.45) is 3.53. The third-order valence-corrected chi connectivity index (χ3v) is 3.05. The van der Waals surface area contributed by atoms with Crippen molar-refractivity contribution in [1.82, 2.24) is 20.0 Å². The molecule has 0 aromatic carbocycles. The number of rotatable bonds is 4. The average Bonchev–Trinajstić information content (AvgIpc) is 2.92. The second kappa shape index (κ2) is 5.26. The van der Waals surface area contributed by atoms with Crippen molar-refractivity contribution in [2.24, 2.45) is 7.05 Å². The average molecular weight is 261 g/mol. The van der Waals surface area contributed by atoms with Crippen molar-refractivity contribution < 1.29 is 4.79 Å². The first-order valence-electron chi connectivity index (χ1n) is 6.46. The molecule has 0 aliphatic carbocycles. The molecule has 2 aromatic heterocycles. The largest absolute Gasteiger partial charge is 0.307 e. The van der Waals surface area contributed by atoms with Crippen LogP contribution in [0.3, 0.4) is 0 Å². The number of aromatic nitrogens is 4. The predicted octanol–water partition coefficient (Wildman–Crippen LogP) is 2.15. The molecular formula is C13H19N5O. The lowest BCUT2D eigenvalue weighted by molar-refractivity contribution is -0.112. The van der Waals surface area contributed by atoms with E-state index in [0.717, 1.165) is 29.6 Å². The lowest BCUT2D eigenvalue weighted by atomic mass is 10.2. The van der Waals surface area contributed by atoms with Crippen LogP contribution in [0.4, 0.5) is 5.82 Å². The summed E-state index contributed by atoms with van der Waals surface area (Å²) in [6.45, 7) is 5.83. The van der Waals surface area contributed by atoms with Gasteiger partial charge in [0.15, 0.2) is 5.65 Å². The number of allylic oxidation sites excluding steroid dienone is 1. The Hall–Kier alpha value is -2.11. The molecule has 0 bridgehead atoms. The first kappa shape index (κ1) is 13.3. The Morgan fingerprint density at radius 2 is 2.21 bits per heavy atom. The molecule has 0 atom stereocenters. The van der Waals surface area contributed by atoms with E-state index in [9.17, 15) is 4.79 Å². The van der Waals surface area contributed by atoms with Crippen LogP contribution in [-0.4, -0.2) is 25.9 Å². The fourth-order valence-electron chi connectivity index (χ4n) is 2.07. The van der Waals surface area contributed by atoms with Crippen LogP contribution < -0.4 is 5.32 Å². The van der Waals surface area contributed by atoms with E-state index in [-0.39, 0.29) is 5.91 Å². The Morgan fingerprint density at radius 1 is 1.47 bits per heavy atom. The number of amides is 1. The maximum atomic E-state index is 12.0. The summed E-state index contributed by atoms with van der Waals surface area (Å²) in [5.74, 6) is 0.507. The maximum absolute atomic E-state index is 12.0. The Morgan fingerprint density at radius 3 is 2.84 bits per heavy atom. The zero-order valence-electron chi connectivity index (χ0n) is 11.7. The molecule has 0 aliphatic heterocycles. The molecule has 0 spiro atoms. The van der Waals surface area contributed by atoms with Gasteiger partial charge in [-0.1, -0.05) is 19.9 Å². The van der Waals surface area contributed by atoms with Gasteiger partial charge in [-0.3, -0.25) is 9.89 Å². The topological polar surface area (TPSA) is 75.6 Å². The minimum Gasteiger partial charge on any atom is -0.307 e. The zero-order valence-corrected chi connectivity index (χ0v) is 11.7. The number of hydrogen-bond donors (Lipinski definition) is 2. The normalized spacial score (nSPS) is 12.1. The van der Waals surface area contributed by atoms with Gasteiger partial charge in [0.25, 0.3) is 5.91 Å². The van der Waals surface area contributed by atoms with Gasteiger partial charge in [0.2, 0.25) is 0 Å². The Balaban J connectivity index is 2.36. The standard InChI is InChI=1S/C13H19N5O/c1-5-7-8(3)13(19)14-11-10-9(6-2)17-18(4)12(10)16-15-11/h7H,5-6H2,1-4H3,(H2,14,15,16,19)/b8-7+. The van der Waals surface area contributed by atoms with Crippen molar-refractivity contribution in [2.75, 3.05) is 5.32 Å². The van der Waals surface area contributed by atoms with Gasteiger partial charge >= 0.3 is 0 Å². The van der Waals surface area contributed by atoms with Crippen LogP contribution in [0.15, 0.2) is 11.6 Å². The van der Waals surface area contributed by atoms with Gasteiger partial charge in [0.1, 0.15) is 5.82 Å². The molecular weight excluding hydrogens is 242 g/mol. The summed E-state index contributed by atoms with van der Waals surface area (Å²) < 4.78 is 1.72. The van der Waals surface area contributed by atoms with Crippen LogP contribution in [0.2, 0.25) is 0 Å². The fraction of sp³-hybridized carbons (Fsp3) is 0.462. The summed E-state index contributed by atoms with van der Waals surface area (Å²) in [7, 11) is 1.84. The number of H-pyrrole nitrogens is 1. The molecule has 1 amide bonds. The van der Waals surface area contributed by atoms with E-state index >= 15 is 0 Å². The molecule has 102 valence electrons. The molecule has 0 radical (unpaired) electrons. The number of carbonyl (C=O) groups excluding carboxylic acids is 1. The molecule has 0 saturated carbocycles. The number of carbonyl (C=O) groups is 1. The smallest absolute Gasteiger partial charge is 0.252 e. The fourth-order valence-corrected chi connectivity index (χ4v) is 2.07. The molecule has 2 rings (SSSR count). The van der Waals surface area contributed by atoms with Gasteiger partial charge < -0.3 is 5.32 Å². The quantitative estimate of drug-likeness (QED) is 0.828. The van der Waals surface area contributed by atoms with E-state index in [4.69, 9.17) is 0 Å². The lowest BCUT2D eigenvalue weighted by Gasteiger charge is -2.03. The van der Waals surface area contributed by atoms with Crippen LogP contribution in [-0.2, 0) is 18.3 Å². The van der Waals surface area contributed by atoms with Crippen LogP contribution in [0.5, 0.6) is 0 Å². The minimum atomic E-state index is -0.113. The number of aromatic amines is 1. The summed E-state index contributed by atoms with van der Waals surface area (Å²) in [5, 5.41) is 15.2. The van der Waals surface area contributed by atoms with Crippen molar-refractivity contribution in [1.29, 1.82) is 0 Å². The van der Waals surface area contributed by atoms with Gasteiger partial charge in [-0.15, -0.1) is 0 Å². The molecule has 0 aliphatic rings. The number of anilines is 1. The van der Waals surface area contributed by atoms with Gasteiger partial charge in [-0.2, -0.15) is 10.2 Å². The van der Waals surface area contributed by atoms with E-state index in [2.05, 4.69) is 20.6 Å². The monoisotopic (exact) mass is 261 g/mol. The molecule has 2 heterocycles. The highest BCUT2D eigenvalue weighted by atomic mass is 16.1. The predicted molar refractivity (Wildman–Crippen MR) is 74.9 cm³/mol. The van der Waals surface area contributed by atoms with Crippen molar-refractivity contribution >= 4 is 22.8 Å². The molecule has 0 unspecified atom stereocenters. The molecule has 2 aromatic rings. The third kappa shape index (κ3) is 2.38. The van der Waals surface area contributed by atoms with Gasteiger partial charge in [-0.05, 0) is 19.8 Å². The lowest BCUT2D eigenvalue weighted by Crippen LogP contribution is -2.13. The molecule has 6 nitrogen and oxygen atoms in total. The second-order valence-electron chi connectivity index (χ2n) is 4.47. The van der Waals surface area contributed by atoms with E-state index in [0.29, 0.717) is 11.4 Å². The van der Waals surface area contributed by atoms with Crippen LogP contribution in [0.25, 0.3) is 11.0 Å². The van der Waals surface area contributed by atoms with Crippen molar-refractivity contribution in [2.45, 2.75) is 33.6 Å². The summed E-state index contributed by atoms with van der Waals surface area (Å²) in [4.78, 5) is 12.0. The highest BCUT2D eigenvalue weighted by Gasteiger charge is 2.17. The van der Waals surface area contributed by atoms with Crippen LogP contribution >= 0.6 is 0 Å². The molecule has 6 heteroatoms. The van der Waals surface area contributed by atoms with Crippen molar-refractivity contribution in [3.63, 3.8) is 0 Å². The third-order valence-electron chi connectivity index (χ3n) is 3.05. The number of nitrogens with zero attached hydrogens (tertiary/aromatic N) is 3. The first-order chi connectivity index (χ1) is 9.08. The summed E-state index contributed by atoms with van der Waals surface area (Å²) in [6, 6.07) is 0. The zero-order chi connectivity index (χ0) is 14.0. The highest BCUT2D eigenvalue weighted by Crippen LogP contribution is 2.24. The molecule has 2 N–H and O–H groups in total. The maximum Gasteiger partial charge on any atom is 0.252 e. The minimum absolute atomic E-state index is 0.113. The Bertz CT molecular complexity index is 635. The molecule has 0 fully saturated rings. The van der Waals surface area contributed by atoms with Crippen molar-refractivity contribution in [3.05, 3.63) is 17.3 Å². The van der Waals surface area contributed by atoms with E-state index in [1.165, 1.54) is 0 Å². The van der Waals surface area contributed by atoms with Crippen LogP contribution in [0, 0.1) is 0 Å². The summed E-state index contributed by atoms with van der Waals surface area (Å²) in [5.41, 5.74) is 2.38.